The van der Waals surface area contributed by atoms with Gasteiger partial charge in [0.2, 0.25) is 0 Å². The van der Waals surface area contributed by atoms with E-state index in [1.807, 2.05) is 6.92 Å². The number of carbonyl (C=O) groups excluding carboxylic acids is 1. The molecule has 86 valence electrons. The first-order chi connectivity index (χ1) is 7.41. The summed E-state index contributed by atoms with van der Waals surface area (Å²) in [4.78, 5) is 13.6. The van der Waals surface area contributed by atoms with Gasteiger partial charge in [0, 0.05) is 23.6 Å². The van der Waals surface area contributed by atoms with E-state index in [4.69, 9.17) is 11.6 Å². The second-order valence-corrected chi connectivity index (χ2v) is 5.01. The number of likely N-dealkylation sites (N-methyl/N-ethyl adjacent to an activating group) is 1. The summed E-state index contributed by atoms with van der Waals surface area (Å²) in [5.41, 5.74) is 1.52. The molecule has 0 aromatic heterocycles. The molecule has 1 aromatic carbocycles. The Bertz CT molecular complexity index is 431. The van der Waals surface area contributed by atoms with Crippen molar-refractivity contribution in [3.63, 3.8) is 0 Å². The predicted molar refractivity (Wildman–Crippen MR) is 70.9 cm³/mol. The van der Waals surface area contributed by atoms with Crippen LogP contribution in [0.4, 0.5) is 0 Å². The largest absolute Gasteiger partial charge is 0.338 e. The minimum absolute atomic E-state index is 0.0580. The summed E-state index contributed by atoms with van der Waals surface area (Å²) in [7, 11) is 1.74. The molecule has 0 heterocycles. The van der Waals surface area contributed by atoms with Crippen molar-refractivity contribution in [2.75, 3.05) is 13.6 Å². The van der Waals surface area contributed by atoms with Gasteiger partial charge < -0.3 is 4.90 Å². The van der Waals surface area contributed by atoms with Gasteiger partial charge in [-0.05, 0) is 41.1 Å². The Balaban J connectivity index is 2.88. The van der Waals surface area contributed by atoms with Gasteiger partial charge >= 0.3 is 0 Å². The normalized spacial score (nSPS) is 10.0. The molecule has 2 nitrogen and oxygen atoms in total. The van der Waals surface area contributed by atoms with Gasteiger partial charge in [-0.2, -0.15) is 0 Å². The summed E-state index contributed by atoms with van der Waals surface area (Å²) in [5, 5.41) is 0.537. The maximum Gasteiger partial charge on any atom is 0.253 e. The average molecular weight is 303 g/mol. The first-order valence-electron chi connectivity index (χ1n) is 4.76. The van der Waals surface area contributed by atoms with Crippen molar-refractivity contribution in [2.45, 2.75) is 6.92 Å². The van der Waals surface area contributed by atoms with Crippen molar-refractivity contribution in [2.24, 2.45) is 0 Å². The Morgan fingerprint density at radius 3 is 2.69 bits per heavy atom. The van der Waals surface area contributed by atoms with Gasteiger partial charge in [-0.3, -0.25) is 4.79 Å². The van der Waals surface area contributed by atoms with Crippen LogP contribution in [0, 0.1) is 0 Å². The molecular weight excluding hydrogens is 289 g/mol. The smallest absolute Gasteiger partial charge is 0.253 e. The lowest BCUT2D eigenvalue weighted by molar-refractivity contribution is 0.0807. The summed E-state index contributed by atoms with van der Waals surface area (Å²) >= 11 is 9.22. The third kappa shape index (κ3) is 3.35. The van der Waals surface area contributed by atoms with Crippen molar-refractivity contribution < 1.29 is 4.79 Å². The quantitative estimate of drug-likeness (QED) is 0.779. The molecule has 0 fully saturated rings. The summed E-state index contributed by atoms with van der Waals surface area (Å²) in [6.45, 7) is 6.21. The third-order valence-electron chi connectivity index (χ3n) is 2.02. The zero-order valence-electron chi connectivity index (χ0n) is 9.26. The highest BCUT2D eigenvalue weighted by Crippen LogP contribution is 2.23. The fraction of sp³-hybridized carbons (Fsp3) is 0.250. The molecule has 16 heavy (non-hydrogen) atoms. The van der Waals surface area contributed by atoms with Gasteiger partial charge in [-0.25, -0.2) is 0 Å². The number of carbonyl (C=O) groups is 1. The molecule has 0 bridgehead atoms. The van der Waals surface area contributed by atoms with E-state index in [1.54, 1.807) is 30.1 Å². The first kappa shape index (κ1) is 13.3. The number of hydrogen-bond acceptors (Lipinski definition) is 1. The van der Waals surface area contributed by atoms with Crippen LogP contribution in [0.3, 0.4) is 0 Å². The molecule has 0 N–H and O–H groups in total. The van der Waals surface area contributed by atoms with E-state index in [-0.39, 0.29) is 5.91 Å². The molecule has 0 aliphatic rings. The Labute approximate surface area is 109 Å². The van der Waals surface area contributed by atoms with Crippen molar-refractivity contribution in [1.29, 1.82) is 0 Å². The van der Waals surface area contributed by atoms with Crippen molar-refractivity contribution >= 4 is 33.4 Å². The number of rotatable bonds is 3. The molecule has 0 saturated carbocycles. The van der Waals surface area contributed by atoms with Crippen LogP contribution in [0.25, 0.3) is 0 Å². The minimum Gasteiger partial charge on any atom is -0.338 e. The van der Waals surface area contributed by atoms with Crippen molar-refractivity contribution in [3.8, 4) is 0 Å². The van der Waals surface area contributed by atoms with Crippen LogP contribution in [0.1, 0.15) is 17.3 Å². The second kappa shape index (κ2) is 5.51. The summed E-state index contributed by atoms with van der Waals surface area (Å²) in [6.07, 6.45) is 0. The molecule has 0 atom stereocenters. The molecule has 0 aliphatic carbocycles. The Kier molecular flexibility index (Phi) is 4.56. The van der Waals surface area contributed by atoms with E-state index in [0.29, 0.717) is 17.1 Å². The van der Waals surface area contributed by atoms with Crippen LogP contribution in [-0.4, -0.2) is 24.4 Å². The van der Waals surface area contributed by atoms with Crippen LogP contribution < -0.4 is 0 Å². The van der Waals surface area contributed by atoms with Crippen molar-refractivity contribution in [3.05, 3.63) is 45.4 Å². The summed E-state index contributed by atoms with van der Waals surface area (Å²) < 4.78 is 0.785. The van der Waals surface area contributed by atoms with E-state index in [9.17, 15) is 4.79 Å². The maximum atomic E-state index is 12.0. The van der Waals surface area contributed by atoms with Gasteiger partial charge in [0.05, 0.1) is 5.02 Å². The van der Waals surface area contributed by atoms with Crippen LogP contribution in [0.2, 0.25) is 5.02 Å². The molecule has 1 aromatic rings. The second-order valence-electron chi connectivity index (χ2n) is 3.75. The zero-order valence-corrected chi connectivity index (χ0v) is 11.6. The summed E-state index contributed by atoms with van der Waals surface area (Å²) in [5.74, 6) is -0.0580. The minimum atomic E-state index is -0.0580. The third-order valence-corrected chi connectivity index (χ3v) is 3.25. The molecule has 0 spiro atoms. The van der Waals surface area contributed by atoms with E-state index >= 15 is 0 Å². The van der Waals surface area contributed by atoms with Crippen LogP contribution in [0.15, 0.2) is 34.8 Å². The topological polar surface area (TPSA) is 20.3 Å². The Morgan fingerprint density at radius 1 is 1.56 bits per heavy atom. The lowest BCUT2D eigenvalue weighted by Crippen LogP contribution is -2.28. The van der Waals surface area contributed by atoms with E-state index in [2.05, 4.69) is 22.5 Å². The average Bonchev–Trinajstić information content (AvgIpc) is 2.20. The number of benzene rings is 1. The summed E-state index contributed by atoms with van der Waals surface area (Å²) in [6, 6.07) is 5.17. The first-order valence-corrected chi connectivity index (χ1v) is 5.94. The SMILES string of the molecule is C=C(C)CN(C)C(=O)c1ccc(Br)c(Cl)c1. The molecule has 0 saturated heterocycles. The Morgan fingerprint density at radius 2 is 2.19 bits per heavy atom. The van der Waals surface area contributed by atoms with Gasteiger partial charge in [-0.15, -0.1) is 0 Å². The lowest BCUT2D eigenvalue weighted by atomic mass is 10.2. The van der Waals surface area contributed by atoms with Gasteiger partial charge in [0.1, 0.15) is 0 Å². The molecule has 0 radical (unpaired) electrons. The molecule has 1 rings (SSSR count). The van der Waals surface area contributed by atoms with Crippen LogP contribution in [0.5, 0.6) is 0 Å². The van der Waals surface area contributed by atoms with Gasteiger partial charge in [-0.1, -0.05) is 23.8 Å². The van der Waals surface area contributed by atoms with E-state index in [1.165, 1.54) is 0 Å². The van der Waals surface area contributed by atoms with E-state index in [0.717, 1.165) is 10.0 Å². The molecule has 1 amide bonds. The zero-order chi connectivity index (χ0) is 12.3. The molecule has 4 heteroatoms. The van der Waals surface area contributed by atoms with Gasteiger partial charge in [0.25, 0.3) is 5.91 Å². The number of halogens is 2. The highest BCUT2D eigenvalue weighted by Gasteiger charge is 2.12. The van der Waals surface area contributed by atoms with Crippen molar-refractivity contribution in [1.82, 2.24) is 4.90 Å². The number of nitrogens with zero attached hydrogens (tertiary/aromatic N) is 1. The molecule has 0 unspecified atom stereocenters. The van der Waals surface area contributed by atoms with E-state index < -0.39 is 0 Å². The highest BCUT2D eigenvalue weighted by molar-refractivity contribution is 9.10. The lowest BCUT2D eigenvalue weighted by Gasteiger charge is -2.17. The molecule has 0 aliphatic heterocycles. The number of hydrogen-bond donors (Lipinski definition) is 0. The number of amides is 1. The van der Waals surface area contributed by atoms with Gasteiger partial charge in [0.15, 0.2) is 0 Å². The Hall–Kier alpha value is -0.800. The standard InChI is InChI=1S/C12H13BrClNO/c1-8(2)7-15(3)12(16)9-4-5-10(13)11(14)6-9/h4-6H,1,7H2,2-3H3. The fourth-order valence-electron chi connectivity index (χ4n) is 1.33. The van der Waals surface area contributed by atoms with Crippen LogP contribution in [-0.2, 0) is 0 Å². The predicted octanol–water partition coefficient (Wildman–Crippen LogP) is 3.75. The fourth-order valence-corrected chi connectivity index (χ4v) is 1.75. The monoisotopic (exact) mass is 301 g/mol. The molecular formula is C12H13BrClNO. The maximum absolute atomic E-state index is 12.0. The highest BCUT2D eigenvalue weighted by atomic mass is 79.9. The van der Waals surface area contributed by atoms with Crippen LogP contribution >= 0.6 is 27.5 Å².